The summed E-state index contributed by atoms with van der Waals surface area (Å²) in [6.07, 6.45) is -2.71. The minimum atomic E-state index is -4.80. The van der Waals surface area contributed by atoms with Crippen molar-refractivity contribution in [3.05, 3.63) is 29.6 Å². The Morgan fingerprint density at radius 1 is 1.35 bits per heavy atom. The number of anilines is 1. The SMILES string of the molecule is NCC1(C(=O)Nc2ccc(F)c(C(F)(F)F)c2)CCC1. The molecule has 0 spiro atoms. The molecule has 0 bridgehead atoms. The second kappa shape index (κ2) is 5.05. The highest BCUT2D eigenvalue weighted by molar-refractivity contribution is 5.96. The van der Waals surface area contributed by atoms with Crippen LogP contribution in [0.15, 0.2) is 18.2 Å². The molecule has 0 atom stereocenters. The molecule has 1 aliphatic rings. The third-order valence-electron chi connectivity index (χ3n) is 3.71. The molecule has 1 saturated carbocycles. The number of carbonyl (C=O) groups excluding carboxylic acids is 1. The van der Waals surface area contributed by atoms with Crippen LogP contribution in [0.25, 0.3) is 0 Å². The van der Waals surface area contributed by atoms with Crippen LogP contribution in [0.5, 0.6) is 0 Å². The van der Waals surface area contributed by atoms with E-state index >= 15 is 0 Å². The quantitative estimate of drug-likeness (QED) is 0.841. The molecule has 1 aliphatic carbocycles. The Hall–Kier alpha value is -1.63. The monoisotopic (exact) mass is 290 g/mol. The van der Waals surface area contributed by atoms with Crippen molar-refractivity contribution in [2.45, 2.75) is 25.4 Å². The second-order valence-corrected chi connectivity index (χ2v) is 4.98. The van der Waals surface area contributed by atoms with Gasteiger partial charge in [-0.15, -0.1) is 0 Å². The van der Waals surface area contributed by atoms with Crippen molar-refractivity contribution in [3.8, 4) is 0 Å². The van der Waals surface area contributed by atoms with Crippen LogP contribution < -0.4 is 11.1 Å². The van der Waals surface area contributed by atoms with Crippen LogP contribution in [0.2, 0.25) is 0 Å². The van der Waals surface area contributed by atoms with E-state index in [1.807, 2.05) is 0 Å². The summed E-state index contributed by atoms with van der Waals surface area (Å²) >= 11 is 0. The summed E-state index contributed by atoms with van der Waals surface area (Å²) in [7, 11) is 0. The van der Waals surface area contributed by atoms with Gasteiger partial charge in [-0.3, -0.25) is 4.79 Å². The van der Waals surface area contributed by atoms with Crippen molar-refractivity contribution < 1.29 is 22.4 Å². The number of nitrogens with two attached hydrogens (primary N) is 1. The van der Waals surface area contributed by atoms with Gasteiger partial charge in [0, 0.05) is 12.2 Å². The number of nitrogens with one attached hydrogen (secondary N) is 1. The Labute approximate surface area is 113 Å². The summed E-state index contributed by atoms with van der Waals surface area (Å²) in [4.78, 5) is 12.0. The molecule has 1 fully saturated rings. The van der Waals surface area contributed by atoms with Crippen LogP contribution >= 0.6 is 0 Å². The van der Waals surface area contributed by atoms with Gasteiger partial charge in [0.1, 0.15) is 5.82 Å². The molecular formula is C13H14F4N2O. The minimum absolute atomic E-state index is 0.0801. The standard InChI is InChI=1S/C13H14F4N2O/c14-10-3-2-8(6-9(10)13(15,16)17)19-11(20)12(7-18)4-1-5-12/h2-3,6H,1,4-5,7,18H2,(H,19,20). The highest BCUT2D eigenvalue weighted by Gasteiger charge is 2.43. The van der Waals surface area contributed by atoms with Gasteiger partial charge in [0.05, 0.1) is 11.0 Å². The maximum atomic E-state index is 13.1. The van der Waals surface area contributed by atoms with Gasteiger partial charge in [0.2, 0.25) is 5.91 Å². The van der Waals surface area contributed by atoms with Crippen LogP contribution in [-0.2, 0) is 11.0 Å². The molecule has 0 saturated heterocycles. The molecule has 0 heterocycles. The molecule has 7 heteroatoms. The van der Waals surface area contributed by atoms with Crippen LogP contribution in [0, 0.1) is 11.2 Å². The highest BCUT2D eigenvalue weighted by Crippen LogP contribution is 2.41. The molecule has 1 aromatic rings. The fraction of sp³-hybridized carbons (Fsp3) is 0.462. The number of halogens is 4. The Kier molecular flexibility index (Phi) is 3.73. The van der Waals surface area contributed by atoms with Crippen molar-refractivity contribution in [2.75, 3.05) is 11.9 Å². The summed E-state index contributed by atoms with van der Waals surface area (Å²) in [5.74, 6) is -1.78. The second-order valence-electron chi connectivity index (χ2n) is 4.98. The number of carbonyl (C=O) groups is 1. The topological polar surface area (TPSA) is 55.1 Å². The highest BCUT2D eigenvalue weighted by atomic mass is 19.4. The van der Waals surface area contributed by atoms with E-state index in [4.69, 9.17) is 5.73 Å². The molecule has 0 aromatic heterocycles. The van der Waals surface area contributed by atoms with Crippen molar-refractivity contribution in [1.82, 2.24) is 0 Å². The van der Waals surface area contributed by atoms with E-state index in [0.29, 0.717) is 25.0 Å². The normalized spacial score (nSPS) is 17.4. The first-order valence-electron chi connectivity index (χ1n) is 6.17. The lowest BCUT2D eigenvalue weighted by atomic mass is 9.68. The van der Waals surface area contributed by atoms with Crippen LogP contribution in [-0.4, -0.2) is 12.5 Å². The third kappa shape index (κ3) is 2.63. The maximum absolute atomic E-state index is 13.1. The molecule has 2 rings (SSSR count). The van der Waals surface area contributed by atoms with E-state index in [9.17, 15) is 22.4 Å². The fourth-order valence-electron chi connectivity index (χ4n) is 2.21. The number of benzene rings is 1. The molecule has 0 aliphatic heterocycles. The zero-order valence-corrected chi connectivity index (χ0v) is 10.6. The van der Waals surface area contributed by atoms with Crippen molar-refractivity contribution in [3.63, 3.8) is 0 Å². The Bertz CT molecular complexity index is 518. The molecule has 0 radical (unpaired) electrons. The molecular weight excluding hydrogens is 276 g/mol. The average molecular weight is 290 g/mol. The van der Waals surface area contributed by atoms with Gasteiger partial charge in [-0.25, -0.2) is 4.39 Å². The number of hydrogen-bond acceptors (Lipinski definition) is 2. The first-order chi connectivity index (χ1) is 9.28. The minimum Gasteiger partial charge on any atom is -0.329 e. The van der Waals surface area contributed by atoms with E-state index in [0.717, 1.165) is 12.5 Å². The van der Waals surface area contributed by atoms with Crippen molar-refractivity contribution >= 4 is 11.6 Å². The lowest BCUT2D eigenvalue weighted by Gasteiger charge is -2.39. The van der Waals surface area contributed by atoms with Crippen molar-refractivity contribution in [2.24, 2.45) is 11.1 Å². The number of rotatable bonds is 3. The summed E-state index contributed by atoms with van der Waals surface area (Å²) < 4.78 is 50.8. The predicted octanol–water partition coefficient (Wildman–Crippen LogP) is 2.91. The maximum Gasteiger partial charge on any atom is 0.419 e. The third-order valence-corrected chi connectivity index (χ3v) is 3.71. The van der Waals surface area contributed by atoms with Gasteiger partial charge in [-0.1, -0.05) is 6.42 Å². The van der Waals surface area contributed by atoms with Crippen LogP contribution in [0.3, 0.4) is 0 Å². The summed E-state index contributed by atoms with van der Waals surface area (Å²) in [5.41, 5.74) is 3.37. The van der Waals surface area contributed by atoms with Crippen molar-refractivity contribution in [1.29, 1.82) is 0 Å². The van der Waals surface area contributed by atoms with Gasteiger partial charge < -0.3 is 11.1 Å². The van der Waals surface area contributed by atoms with Gasteiger partial charge in [0.15, 0.2) is 0 Å². The molecule has 20 heavy (non-hydrogen) atoms. The molecule has 3 N–H and O–H groups in total. The van der Waals surface area contributed by atoms with E-state index in [2.05, 4.69) is 5.32 Å². The molecule has 3 nitrogen and oxygen atoms in total. The summed E-state index contributed by atoms with van der Waals surface area (Å²) in [6.45, 7) is 0.145. The Balaban J connectivity index is 2.20. The zero-order chi connectivity index (χ0) is 15.0. The van der Waals surface area contributed by atoms with Gasteiger partial charge in [-0.2, -0.15) is 13.2 Å². The van der Waals surface area contributed by atoms with Crippen LogP contribution in [0.4, 0.5) is 23.2 Å². The fourth-order valence-corrected chi connectivity index (χ4v) is 2.21. The Morgan fingerprint density at radius 3 is 2.45 bits per heavy atom. The average Bonchev–Trinajstić information content (AvgIpc) is 2.29. The van der Waals surface area contributed by atoms with Crippen LogP contribution in [0.1, 0.15) is 24.8 Å². The van der Waals surface area contributed by atoms with E-state index in [-0.39, 0.29) is 12.2 Å². The number of hydrogen-bond donors (Lipinski definition) is 2. The Morgan fingerprint density at radius 2 is 2.00 bits per heavy atom. The van der Waals surface area contributed by atoms with E-state index in [1.165, 1.54) is 0 Å². The lowest BCUT2D eigenvalue weighted by molar-refractivity contribution is -0.140. The van der Waals surface area contributed by atoms with Gasteiger partial charge in [-0.05, 0) is 31.0 Å². The molecule has 1 aromatic carbocycles. The summed E-state index contributed by atoms with van der Waals surface area (Å²) in [6, 6.07) is 2.38. The lowest BCUT2D eigenvalue weighted by Crippen LogP contribution is -2.47. The van der Waals surface area contributed by atoms with E-state index < -0.39 is 28.9 Å². The molecule has 110 valence electrons. The van der Waals surface area contributed by atoms with Gasteiger partial charge >= 0.3 is 6.18 Å². The van der Waals surface area contributed by atoms with Gasteiger partial charge in [0.25, 0.3) is 0 Å². The summed E-state index contributed by atoms with van der Waals surface area (Å²) in [5, 5.41) is 2.39. The largest absolute Gasteiger partial charge is 0.419 e. The van der Waals surface area contributed by atoms with E-state index in [1.54, 1.807) is 0 Å². The first-order valence-corrected chi connectivity index (χ1v) is 6.17. The molecule has 1 amide bonds. The zero-order valence-electron chi connectivity index (χ0n) is 10.6. The first kappa shape index (κ1) is 14.8. The number of amides is 1. The number of alkyl halides is 3. The molecule has 0 unspecified atom stereocenters. The smallest absolute Gasteiger partial charge is 0.329 e. The predicted molar refractivity (Wildman–Crippen MR) is 65.4 cm³/mol.